The van der Waals surface area contributed by atoms with Gasteiger partial charge in [0.05, 0.1) is 11.6 Å². The SMILES string of the molecule is O=C(OCC1c2ccccc2-c2ccccc21)N1CCC(O)C12CCSC2. The molecule has 140 valence electrons. The Morgan fingerprint density at radius 3 is 2.44 bits per heavy atom. The van der Waals surface area contributed by atoms with E-state index in [1.807, 2.05) is 23.9 Å². The van der Waals surface area contributed by atoms with Crippen LogP contribution in [0, 0.1) is 0 Å². The number of rotatable bonds is 2. The van der Waals surface area contributed by atoms with Crippen molar-refractivity contribution < 1.29 is 14.6 Å². The Labute approximate surface area is 163 Å². The standard InChI is InChI=1S/C22H23NO3S/c24-20-9-11-23(22(20)10-12-27-14-22)21(25)26-13-19-17-7-3-1-5-15(17)16-6-2-4-8-18(16)19/h1-8,19-20,24H,9-14H2. The minimum atomic E-state index is -0.437. The summed E-state index contributed by atoms with van der Waals surface area (Å²) in [6, 6.07) is 16.7. The highest BCUT2D eigenvalue weighted by Gasteiger charge is 2.52. The van der Waals surface area contributed by atoms with Crippen molar-refractivity contribution in [2.45, 2.75) is 30.4 Å². The maximum atomic E-state index is 12.9. The quantitative estimate of drug-likeness (QED) is 0.858. The first-order valence-corrected chi connectivity index (χ1v) is 10.7. The van der Waals surface area contributed by atoms with E-state index in [0.717, 1.165) is 17.9 Å². The lowest BCUT2D eigenvalue weighted by Crippen LogP contribution is -2.53. The fourth-order valence-electron chi connectivity index (χ4n) is 4.91. The van der Waals surface area contributed by atoms with Crippen molar-refractivity contribution in [2.75, 3.05) is 24.7 Å². The van der Waals surface area contributed by atoms with Crippen LogP contribution in [-0.4, -0.2) is 52.4 Å². The van der Waals surface area contributed by atoms with Crippen LogP contribution in [0.2, 0.25) is 0 Å². The van der Waals surface area contributed by atoms with E-state index in [4.69, 9.17) is 4.74 Å². The normalized spacial score (nSPS) is 26.4. The summed E-state index contributed by atoms with van der Waals surface area (Å²) in [5.41, 5.74) is 4.48. The van der Waals surface area contributed by atoms with E-state index < -0.39 is 11.6 Å². The Balaban J connectivity index is 1.37. The van der Waals surface area contributed by atoms with Crippen LogP contribution in [0.5, 0.6) is 0 Å². The van der Waals surface area contributed by atoms with Crippen molar-refractivity contribution >= 4 is 17.9 Å². The van der Waals surface area contributed by atoms with Gasteiger partial charge in [-0.3, -0.25) is 4.90 Å². The number of ether oxygens (including phenoxy) is 1. The van der Waals surface area contributed by atoms with Crippen LogP contribution in [0.1, 0.15) is 29.9 Å². The van der Waals surface area contributed by atoms with Crippen molar-refractivity contribution in [1.29, 1.82) is 0 Å². The molecule has 0 saturated carbocycles. The smallest absolute Gasteiger partial charge is 0.410 e. The molecular formula is C22H23NO3S. The van der Waals surface area contributed by atoms with E-state index in [-0.39, 0.29) is 12.0 Å². The molecule has 0 radical (unpaired) electrons. The highest BCUT2D eigenvalue weighted by Crippen LogP contribution is 2.45. The summed E-state index contributed by atoms with van der Waals surface area (Å²) in [4.78, 5) is 14.7. The minimum absolute atomic E-state index is 0.0720. The summed E-state index contributed by atoms with van der Waals surface area (Å²) in [6.45, 7) is 0.918. The molecule has 1 N–H and O–H groups in total. The molecule has 2 fully saturated rings. The van der Waals surface area contributed by atoms with Crippen LogP contribution < -0.4 is 0 Å². The number of hydrogen-bond acceptors (Lipinski definition) is 4. The van der Waals surface area contributed by atoms with Gasteiger partial charge in [-0.1, -0.05) is 48.5 Å². The van der Waals surface area contributed by atoms with E-state index in [9.17, 15) is 9.90 Å². The first kappa shape index (κ1) is 17.1. The monoisotopic (exact) mass is 381 g/mol. The first-order chi connectivity index (χ1) is 13.2. The molecular weight excluding hydrogens is 358 g/mol. The van der Waals surface area contributed by atoms with Gasteiger partial charge in [-0.05, 0) is 40.8 Å². The topological polar surface area (TPSA) is 49.8 Å². The summed E-state index contributed by atoms with van der Waals surface area (Å²) < 4.78 is 5.83. The molecule has 4 nitrogen and oxygen atoms in total. The number of hydrogen-bond donors (Lipinski definition) is 1. The molecule has 3 aliphatic rings. The summed E-state index contributed by atoms with van der Waals surface area (Å²) in [5.74, 6) is 1.87. The number of aliphatic hydroxyl groups is 1. The number of nitrogens with zero attached hydrogens (tertiary/aromatic N) is 1. The molecule has 5 heteroatoms. The molecule has 2 heterocycles. The second-order valence-electron chi connectivity index (χ2n) is 7.67. The van der Waals surface area contributed by atoms with E-state index in [1.165, 1.54) is 22.3 Å². The van der Waals surface area contributed by atoms with Crippen LogP contribution in [0.25, 0.3) is 11.1 Å². The third-order valence-corrected chi connectivity index (χ3v) is 7.57. The molecule has 5 rings (SSSR count). The van der Waals surface area contributed by atoms with Gasteiger partial charge < -0.3 is 9.84 Å². The zero-order chi connectivity index (χ0) is 18.4. The molecule has 1 amide bonds. The van der Waals surface area contributed by atoms with Crippen LogP contribution in [0.15, 0.2) is 48.5 Å². The van der Waals surface area contributed by atoms with Crippen LogP contribution >= 0.6 is 11.8 Å². The molecule has 2 saturated heterocycles. The lowest BCUT2D eigenvalue weighted by Gasteiger charge is -2.36. The molecule has 1 spiro atoms. The van der Waals surface area contributed by atoms with Gasteiger partial charge in [0.25, 0.3) is 0 Å². The van der Waals surface area contributed by atoms with Gasteiger partial charge in [-0.15, -0.1) is 0 Å². The molecule has 2 aromatic rings. The maximum absolute atomic E-state index is 12.9. The largest absolute Gasteiger partial charge is 0.448 e. The third-order valence-electron chi connectivity index (χ3n) is 6.37. The number of amides is 1. The highest BCUT2D eigenvalue weighted by atomic mass is 32.2. The fourth-order valence-corrected chi connectivity index (χ4v) is 6.40. The van der Waals surface area contributed by atoms with E-state index >= 15 is 0 Å². The van der Waals surface area contributed by atoms with Crippen molar-refractivity contribution in [3.8, 4) is 11.1 Å². The number of aliphatic hydroxyl groups excluding tert-OH is 1. The van der Waals surface area contributed by atoms with Crippen molar-refractivity contribution in [3.63, 3.8) is 0 Å². The average molecular weight is 381 g/mol. The number of carbonyl (C=O) groups excluding carboxylic acids is 1. The van der Waals surface area contributed by atoms with Gasteiger partial charge in [-0.25, -0.2) is 4.79 Å². The lowest BCUT2D eigenvalue weighted by atomic mass is 9.93. The second kappa shape index (κ2) is 6.57. The fraction of sp³-hybridized carbons (Fsp3) is 0.409. The predicted molar refractivity (Wildman–Crippen MR) is 107 cm³/mol. The van der Waals surface area contributed by atoms with Gasteiger partial charge in [0, 0.05) is 18.2 Å². The van der Waals surface area contributed by atoms with E-state index in [2.05, 4.69) is 36.4 Å². The Morgan fingerprint density at radius 1 is 1.15 bits per heavy atom. The lowest BCUT2D eigenvalue weighted by molar-refractivity contribution is 0.0316. The van der Waals surface area contributed by atoms with E-state index in [0.29, 0.717) is 19.6 Å². The Morgan fingerprint density at radius 2 is 1.81 bits per heavy atom. The Bertz CT molecular complexity index is 832. The summed E-state index contributed by atoms with van der Waals surface area (Å²) in [5, 5.41) is 10.5. The summed E-state index contributed by atoms with van der Waals surface area (Å²) in [6.07, 6.45) is 0.775. The molecule has 2 unspecified atom stereocenters. The molecule has 0 bridgehead atoms. The van der Waals surface area contributed by atoms with Crippen molar-refractivity contribution in [3.05, 3.63) is 59.7 Å². The number of carbonyl (C=O) groups is 1. The van der Waals surface area contributed by atoms with Crippen LogP contribution in [0.3, 0.4) is 0 Å². The second-order valence-corrected chi connectivity index (χ2v) is 8.77. The maximum Gasteiger partial charge on any atom is 0.410 e. The Hall–Kier alpha value is -1.98. The average Bonchev–Trinajstić information content (AvgIpc) is 3.39. The van der Waals surface area contributed by atoms with Gasteiger partial charge in [0.15, 0.2) is 0 Å². The molecule has 2 aromatic carbocycles. The minimum Gasteiger partial charge on any atom is -0.448 e. The molecule has 2 aliphatic heterocycles. The molecule has 1 aliphatic carbocycles. The molecule has 27 heavy (non-hydrogen) atoms. The van der Waals surface area contributed by atoms with Gasteiger partial charge in [0.1, 0.15) is 6.61 Å². The van der Waals surface area contributed by atoms with Gasteiger partial charge in [0.2, 0.25) is 0 Å². The Kier molecular flexibility index (Phi) is 4.17. The van der Waals surface area contributed by atoms with Gasteiger partial charge >= 0.3 is 6.09 Å². The first-order valence-electron chi connectivity index (χ1n) is 9.59. The zero-order valence-corrected chi connectivity index (χ0v) is 16.0. The van der Waals surface area contributed by atoms with E-state index in [1.54, 1.807) is 4.90 Å². The van der Waals surface area contributed by atoms with Crippen molar-refractivity contribution in [2.24, 2.45) is 0 Å². The summed E-state index contributed by atoms with van der Waals surface area (Å²) >= 11 is 1.81. The summed E-state index contributed by atoms with van der Waals surface area (Å²) in [7, 11) is 0. The number of fused-ring (bicyclic) bond motifs is 3. The van der Waals surface area contributed by atoms with Crippen molar-refractivity contribution in [1.82, 2.24) is 4.90 Å². The predicted octanol–water partition coefficient (Wildman–Crippen LogP) is 3.88. The highest BCUT2D eigenvalue weighted by molar-refractivity contribution is 7.99. The number of likely N-dealkylation sites (tertiary alicyclic amines) is 1. The van der Waals surface area contributed by atoms with Gasteiger partial charge in [-0.2, -0.15) is 11.8 Å². The van der Waals surface area contributed by atoms with Crippen LogP contribution in [-0.2, 0) is 4.74 Å². The molecule has 2 atom stereocenters. The number of thioether (sulfide) groups is 1. The zero-order valence-electron chi connectivity index (χ0n) is 15.1. The molecule has 0 aromatic heterocycles. The third kappa shape index (κ3) is 2.59. The van der Waals surface area contributed by atoms with Crippen LogP contribution in [0.4, 0.5) is 4.79 Å². The number of benzene rings is 2.